The number of β-amino-alcohol motifs (C(OH)–C–C–N with tert-alkyl or cyclic N) is 1. The monoisotopic (exact) mass is 283 g/mol. The van der Waals surface area contributed by atoms with E-state index >= 15 is 0 Å². The van der Waals surface area contributed by atoms with Crippen LogP contribution < -0.4 is 4.74 Å². The summed E-state index contributed by atoms with van der Waals surface area (Å²) in [6, 6.07) is 7.16. The van der Waals surface area contributed by atoms with Crippen LogP contribution in [0.5, 0.6) is 5.75 Å². The Morgan fingerprint density at radius 1 is 1.42 bits per heavy atom. The lowest BCUT2D eigenvalue weighted by atomic mass is 10.3. The van der Waals surface area contributed by atoms with E-state index in [-0.39, 0.29) is 12.0 Å². The number of benzene rings is 1. The summed E-state index contributed by atoms with van der Waals surface area (Å²) in [5.74, 6) is 0.852. The molecule has 0 aliphatic carbocycles. The quantitative estimate of drug-likeness (QED) is 0.842. The van der Waals surface area contributed by atoms with Crippen molar-refractivity contribution in [3.8, 4) is 5.75 Å². The zero-order chi connectivity index (χ0) is 13.7. The fourth-order valence-corrected chi connectivity index (χ4v) is 2.20. The van der Waals surface area contributed by atoms with E-state index in [2.05, 4.69) is 0 Å². The molecule has 1 atom stereocenters. The van der Waals surface area contributed by atoms with Crippen LogP contribution in [-0.2, 0) is 4.79 Å². The highest BCUT2D eigenvalue weighted by atomic mass is 35.5. The maximum atomic E-state index is 11.8. The third-order valence-corrected chi connectivity index (χ3v) is 3.39. The average molecular weight is 284 g/mol. The van der Waals surface area contributed by atoms with Crippen LogP contribution in [0.3, 0.4) is 0 Å². The molecule has 0 saturated carbocycles. The molecule has 19 heavy (non-hydrogen) atoms. The summed E-state index contributed by atoms with van der Waals surface area (Å²) in [5.41, 5.74) is 0. The zero-order valence-corrected chi connectivity index (χ0v) is 11.5. The van der Waals surface area contributed by atoms with Crippen molar-refractivity contribution in [2.75, 3.05) is 19.7 Å². The van der Waals surface area contributed by atoms with E-state index in [0.717, 1.165) is 5.75 Å². The first kappa shape index (κ1) is 14.2. The SMILES string of the molecule is O=C(CCCOc1ccc(Cl)cc1)N1CC[C@@H](O)C1. The van der Waals surface area contributed by atoms with Crippen LogP contribution in [-0.4, -0.2) is 41.7 Å². The molecule has 104 valence electrons. The van der Waals surface area contributed by atoms with E-state index in [0.29, 0.717) is 44.0 Å². The number of carbonyl (C=O) groups excluding carboxylic acids is 1. The molecule has 1 heterocycles. The average Bonchev–Trinajstić information content (AvgIpc) is 2.83. The second-order valence-electron chi connectivity index (χ2n) is 4.69. The van der Waals surface area contributed by atoms with Crippen LogP contribution in [0.2, 0.25) is 5.02 Å². The van der Waals surface area contributed by atoms with Gasteiger partial charge in [0, 0.05) is 24.5 Å². The first-order chi connectivity index (χ1) is 9.15. The minimum atomic E-state index is -0.353. The Morgan fingerprint density at radius 2 is 2.16 bits per heavy atom. The lowest BCUT2D eigenvalue weighted by molar-refractivity contribution is -0.130. The Hall–Kier alpha value is -1.26. The Kier molecular flexibility index (Phi) is 5.05. The largest absolute Gasteiger partial charge is 0.494 e. The number of hydrogen-bond donors (Lipinski definition) is 1. The van der Waals surface area contributed by atoms with Gasteiger partial charge in [-0.25, -0.2) is 0 Å². The van der Waals surface area contributed by atoms with Gasteiger partial charge in [-0.05, 0) is 37.1 Å². The van der Waals surface area contributed by atoms with Crippen molar-refractivity contribution in [2.24, 2.45) is 0 Å². The van der Waals surface area contributed by atoms with Crippen molar-refractivity contribution in [1.29, 1.82) is 0 Å². The Morgan fingerprint density at radius 3 is 2.79 bits per heavy atom. The highest BCUT2D eigenvalue weighted by Gasteiger charge is 2.23. The standard InChI is InChI=1S/C14H18ClNO3/c15-11-3-5-13(6-4-11)19-9-1-2-14(18)16-8-7-12(17)10-16/h3-6,12,17H,1-2,7-10H2/t12-/m1/s1. The molecule has 1 aromatic carbocycles. The molecule has 1 aromatic rings. The molecule has 0 unspecified atom stereocenters. The number of aliphatic hydroxyl groups is 1. The van der Waals surface area contributed by atoms with Gasteiger partial charge in [-0.2, -0.15) is 0 Å². The lowest BCUT2D eigenvalue weighted by Crippen LogP contribution is -2.29. The van der Waals surface area contributed by atoms with E-state index in [1.165, 1.54) is 0 Å². The molecule has 0 bridgehead atoms. The predicted octanol–water partition coefficient (Wildman–Crippen LogP) is 2.09. The van der Waals surface area contributed by atoms with Crippen LogP contribution >= 0.6 is 11.6 Å². The van der Waals surface area contributed by atoms with Gasteiger partial charge in [0.2, 0.25) is 5.91 Å². The molecule has 0 spiro atoms. The van der Waals surface area contributed by atoms with Crippen molar-refractivity contribution in [3.63, 3.8) is 0 Å². The van der Waals surface area contributed by atoms with Gasteiger partial charge >= 0.3 is 0 Å². The number of rotatable bonds is 5. The highest BCUT2D eigenvalue weighted by molar-refractivity contribution is 6.30. The molecule has 1 aliphatic rings. The van der Waals surface area contributed by atoms with Crippen LogP contribution in [0, 0.1) is 0 Å². The molecule has 0 radical (unpaired) electrons. The topological polar surface area (TPSA) is 49.8 Å². The maximum absolute atomic E-state index is 11.8. The van der Waals surface area contributed by atoms with Crippen LogP contribution in [0.25, 0.3) is 0 Å². The fourth-order valence-electron chi connectivity index (χ4n) is 2.07. The number of carbonyl (C=O) groups is 1. The summed E-state index contributed by atoms with van der Waals surface area (Å²) in [4.78, 5) is 13.5. The number of halogens is 1. The van der Waals surface area contributed by atoms with Crippen molar-refractivity contribution in [3.05, 3.63) is 29.3 Å². The van der Waals surface area contributed by atoms with Gasteiger partial charge in [-0.15, -0.1) is 0 Å². The van der Waals surface area contributed by atoms with Crippen molar-refractivity contribution >= 4 is 17.5 Å². The summed E-state index contributed by atoms with van der Waals surface area (Å²) < 4.78 is 5.52. The molecule has 0 aromatic heterocycles. The predicted molar refractivity (Wildman–Crippen MR) is 73.4 cm³/mol. The summed E-state index contributed by atoms with van der Waals surface area (Å²) >= 11 is 5.77. The van der Waals surface area contributed by atoms with Crippen molar-refractivity contribution < 1.29 is 14.6 Å². The molecule has 4 nitrogen and oxygen atoms in total. The molecule has 1 N–H and O–H groups in total. The molecule has 1 fully saturated rings. The van der Waals surface area contributed by atoms with Gasteiger partial charge in [0.25, 0.3) is 0 Å². The third-order valence-electron chi connectivity index (χ3n) is 3.13. The van der Waals surface area contributed by atoms with Gasteiger partial charge in [0.15, 0.2) is 0 Å². The molecular weight excluding hydrogens is 266 g/mol. The fraction of sp³-hybridized carbons (Fsp3) is 0.500. The summed E-state index contributed by atoms with van der Waals surface area (Å²) in [5, 5.41) is 10.0. The third kappa shape index (κ3) is 4.40. The Bertz CT molecular complexity index is 421. The molecule has 1 saturated heterocycles. The highest BCUT2D eigenvalue weighted by Crippen LogP contribution is 2.16. The van der Waals surface area contributed by atoms with Crippen LogP contribution in [0.15, 0.2) is 24.3 Å². The molecule has 1 aliphatic heterocycles. The smallest absolute Gasteiger partial charge is 0.222 e. The Balaban J connectivity index is 1.64. The Labute approximate surface area is 117 Å². The number of ether oxygens (including phenoxy) is 1. The second kappa shape index (κ2) is 6.78. The second-order valence-corrected chi connectivity index (χ2v) is 5.12. The summed E-state index contributed by atoms with van der Waals surface area (Å²) in [6.07, 6.45) is 1.47. The van der Waals surface area contributed by atoms with Crippen LogP contribution in [0.4, 0.5) is 0 Å². The van der Waals surface area contributed by atoms with Gasteiger partial charge in [0.1, 0.15) is 5.75 Å². The number of amides is 1. The van der Waals surface area contributed by atoms with E-state index in [1.807, 2.05) is 0 Å². The normalized spacial score (nSPS) is 18.6. The van der Waals surface area contributed by atoms with Gasteiger partial charge < -0.3 is 14.7 Å². The molecular formula is C14H18ClNO3. The number of hydrogen-bond acceptors (Lipinski definition) is 3. The van der Waals surface area contributed by atoms with Crippen molar-refractivity contribution in [2.45, 2.75) is 25.4 Å². The van der Waals surface area contributed by atoms with E-state index in [9.17, 15) is 9.90 Å². The number of aliphatic hydroxyl groups excluding tert-OH is 1. The van der Waals surface area contributed by atoms with E-state index in [4.69, 9.17) is 16.3 Å². The lowest BCUT2D eigenvalue weighted by Gasteiger charge is -2.15. The van der Waals surface area contributed by atoms with E-state index in [1.54, 1.807) is 29.2 Å². The zero-order valence-electron chi connectivity index (χ0n) is 10.7. The van der Waals surface area contributed by atoms with Crippen molar-refractivity contribution in [1.82, 2.24) is 4.90 Å². The molecule has 2 rings (SSSR count). The maximum Gasteiger partial charge on any atom is 0.222 e. The van der Waals surface area contributed by atoms with Gasteiger partial charge in [-0.3, -0.25) is 4.79 Å². The van der Waals surface area contributed by atoms with Gasteiger partial charge in [0.05, 0.1) is 12.7 Å². The first-order valence-corrected chi connectivity index (χ1v) is 6.87. The first-order valence-electron chi connectivity index (χ1n) is 6.49. The van der Waals surface area contributed by atoms with Crippen LogP contribution in [0.1, 0.15) is 19.3 Å². The number of likely N-dealkylation sites (tertiary alicyclic amines) is 1. The van der Waals surface area contributed by atoms with E-state index < -0.39 is 0 Å². The molecule has 5 heteroatoms. The molecule has 1 amide bonds. The summed E-state index contributed by atoms with van der Waals surface area (Å²) in [7, 11) is 0. The minimum Gasteiger partial charge on any atom is -0.494 e. The minimum absolute atomic E-state index is 0.0938. The van der Waals surface area contributed by atoms with Gasteiger partial charge in [-0.1, -0.05) is 11.6 Å². The number of nitrogens with zero attached hydrogens (tertiary/aromatic N) is 1. The summed E-state index contributed by atoms with van der Waals surface area (Å²) in [6.45, 7) is 1.64.